The third kappa shape index (κ3) is 8.00. The first-order valence-corrected chi connectivity index (χ1v) is 15.9. The van der Waals surface area contributed by atoms with Crippen molar-refractivity contribution >= 4 is 16.7 Å². The van der Waals surface area contributed by atoms with Gasteiger partial charge in [0.05, 0.1) is 11.3 Å². The average Bonchev–Trinajstić information content (AvgIpc) is 2.86. The molecule has 4 bridgehead atoms. The van der Waals surface area contributed by atoms with Gasteiger partial charge >= 0.3 is 0 Å². The van der Waals surface area contributed by atoms with Crippen LogP contribution in [-0.2, 0) is 24.9 Å². The van der Waals surface area contributed by atoms with E-state index in [1.54, 1.807) is 5.56 Å². The number of ketones is 1. The first-order valence-electron chi connectivity index (χ1n) is 15.9. The Morgan fingerprint density at radius 2 is 1.55 bits per heavy atom. The molecular formula is C38H48IrNO2-. The summed E-state index contributed by atoms with van der Waals surface area (Å²) in [7, 11) is 0. The van der Waals surface area contributed by atoms with Crippen molar-refractivity contribution in [3.63, 3.8) is 0 Å². The summed E-state index contributed by atoms with van der Waals surface area (Å²) in [5, 5.41) is 10.6. The van der Waals surface area contributed by atoms with Gasteiger partial charge in [-0.1, -0.05) is 59.7 Å². The average molecular weight is 743 g/mol. The molecule has 0 unspecified atom stereocenters. The second-order valence-corrected chi connectivity index (χ2v) is 14.2. The summed E-state index contributed by atoms with van der Waals surface area (Å²) in [4.78, 5) is 16.2. The van der Waals surface area contributed by atoms with E-state index in [1.807, 2.05) is 27.7 Å². The minimum Gasteiger partial charge on any atom is -0.512 e. The molecule has 1 N–H and O–H groups in total. The molecule has 227 valence electrons. The maximum atomic E-state index is 11.2. The number of aliphatic hydroxyl groups is 1. The number of aryl methyl sites for hydroxylation is 2. The standard InChI is InChI=1S/C27H28N.C11H20O2.Ir/c1-16-7-17(2)9-22(8-16)26-5-3-20-15-21(4-6-25(20)28-26)27-23-11-18-10-19(13-23)14-24(27)12-18;1-8(2)5-10(12)7-11(13)6-9(3)4;/h3-8,15,18-19,23-24,27H,10-14H2,1-2H3;7-9,12H,5-6H2,1-4H3;/q-1;;/b;10-7-;. The molecule has 0 aliphatic heterocycles. The van der Waals surface area contributed by atoms with Gasteiger partial charge in [-0.05, 0) is 102 Å². The number of aromatic nitrogens is 1. The monoisotopic (exact) mass is 743 g/mol. The predicted octanol–water partition coefficient (Wildman–Crippen LogP) is 9.95. The van der Waals surface area contributed by atoms with Gasteiger partial charge in [-0.2, -0.15) is 0 Å². The van der Waals surface area contributed by atoms with Crippen LogP contribution < -0.4 is 0 Å². The van der Waals surface area contributed by atoms with E-state index in [4.69, 9.17) is 4.98 Å². The molecular weight excluding hydrogens is 695 g/mol. The van der Waals surface area contributed by atoms with Gasteiger partial charge in [0.15, 0.2) is 5.78 Å². The number of allylic oxidation sites excluding steroid dienone is 2. The SMILES string of the molecule is CC(C)CC(=O)/C=C(\O)CC(C)C.Cc1[c-]c(-c2ccc3cc(C4C5CC6CC(C5)CC4C6)ccc3n2)cc(C)c1.[Ir]. The fourth-order valence-electron chi connectivity index (χ4n) is 8.13. The van der Waals surface area contributed by atoms with E-state index in [9.17, 15) is 9.90 Å². The van der Waals surface area contributed by atoms with Crippen LogP contribution in [0.25, 0.3) is 22.2 Å². The van der Waals surface area contributed by atoms with Crippen molar-refractivity contribution in [3.8, 4) is 11.3 Å². The number of rotatable bonds is 7. The number of fused-ring (bicyclic) bond motifs is 1. The van der Waals surface area contributed by atoms with Gasteiger partial charge in [0.2, 0.25) is 0 Å². The van der Waals surface area contributed by atoms with Gasteiger partial charge in [0.25, 0.3) is 0 Å². The zero-order valence-electron chi connectivity index (χ0n) is 26.2. The van der Waals surface area contributed by atoms with E-state index >= 15 is 0 Å². The Morgan fingerprint density at radius 3 is 2.14 bits per heavy atom. The zero-order chi connectivity index (χ0) is 29.3. The fourth-order valence-corrected chi connectivity index (χ4v) is 8.13. The van der Waals surface area contributed by atoms with Gasteiger partial charge in [-0.25, -0.2) is 0 Å². The van der Waals surface area contributed by atoms with E-state index < -0.39 is 0 Å². The summed E-state index contributed by atoms with van der Waals surface area (Å²) in [5.74, 6) is 5.73. The van der Waals surface area contributed by atoms with Crippen molar-refractivity contribution in [2.45, 2.75) is 92.4 Å². The van der Waals surface area contributed by atoms with Crippen molar-refractivity contribution in [2.75, 3.05) is 0 Å². The quantitative estimate of drug-likeness (QED) is 0.149. The molecule has 0 atom stereocenters. The molecule has 2 aromatic carbocycles. The van der Waals surface area contributed by atoms with Crippen LogP contribution in [0.4, 0.5) is 0 Å². The first-order chi connectivity index (χ1) is 19.5. The molecule has 1 aromatic heterocycles. The van der Waals surface area contributed by atoms with E-state index in [0.717, 1.165) is 46.4 Å². The van der Waals surface area contributed by atoms with Crippen molar-refractivity contribution in [2.24, 2.45) is 35.5 Å². The number of carbonyl (C=O) groups excluding carboxylic acids is 1. The minimum absolute atomic E-state index is 0. The Labute approximate surface area is 267 Å². The second kappa shape index (κ2) is 14.0. The largest absolute Gasteiger partial charge is 0.512 e. The molecule has 0 amide bonds. The second-order valence-electron chi connectivity index (χ2n) is 14.2. The number of benzene rings is 2. The molecule has 0 saturated heterocycles. The fraction of sp³-hybridized carbons (Fsp3) is 0.526. The van der Waals surface area contributed by atoms with Crippen LogP contribution in [0.5, 0.6) is 0 Å². The Morgan fingerprint density at radius 1 is 0.905 bits per heavy atom. The minimum atomic E-state index is 0. The number of hydrogen-bond acceptors (Lipinski definition) is 3. The molecule has 7 rings (SSSR count). The number of aliphatic hydroxyl groups excluding tert-OH is 1. The Hall–Kier alpha value is -2.29. The first kappa shape index (κ1) is 32.6. The molecule has 42 heavy (non-hydrogen) atoms. The van der Waals surface area contributed by atoms with Crippen molar-refractivity contribution < 1.29 is 30.0 Å². The number of hydrogen-bond donors (Lipinski definition) is 1. The third-order valence-electron chi connectivity index (χ3n) is 9.30. The summed E-state index contributed by atoms with van der Waals surface area (Å²) < 4.78 is 0. The molecule has 4 heteroatoms. The van der Waals surface area contributed by atoms with Crippen LogP contribution in [-0.4, -0.2) is 15.9 Å². The van der Waals surface area contributed by atoms with Crippen molar-refractivity contribution in [1.29, 1.82) is 0 Å². The van der Waals surface area contributed by atoms with Crippen LogP contribution in [0, 0.1) is 55.4 Å². The summed E-state index contributed by atoms with van der Waals surface area (Å²) in [6.45, 7) is 12.3. The topological polar surface area (TPSA) is 50.2 Å². The summed E-state index contributed by atoms with van der Waals surface area (Å²) >= 11 is 0. The maximum absolute atomic E-state index is 11.2. The van der Waals surface area contributed by atoms with E-state index in [1.165, 1.54) is 54.7 Å². The molecule has 3 nitrogen and oxygen atoms in total. The van der Waals surface area contributed by atoms with E-state index in [2.05, 4.69) is 62.4 Å². The van der Waals surface area contributed by atoms with E-state index in [0.29, 0.717) is 24.7 Å². The Balaban J connectivity index is 0.000000249. The number of carbonyl (C=O) groups is 1. The van der Waals surface area contributed by atoms with Gasteiger partial charge < -0.3 is 5.11 Å². The Bertz CT molecular complexity index is 1370. The molecule has 4 aliphatic carbocycles. The molecule has 4 fully saturated rings. The molecule has 1 heterocycles. The predicted molar refractivity (Wildman–Crippen MR) is 170 cm³/mol. The van der Waals surface area contributed by atoms with Crippen LogP contribution >= 0.6 is 0 Å². The number of pyridine rings is 1. The van der Waals surface area contributed by atoms with Gasteiger partial charge in [-0.15, -0.1) is 34.9 Å². The molecule has 4 aliphatic rings. The van der Waals surface area contributed by atoms with E-state index in [-0.39, 0.29) is 31.6 Å². The Kier molecular flexibility index (Phi) is 10.9. The van der Waals surface area contributed by atoms with Crippen molar-refractivity contribution in [3.05, 3.63) is 77.1 Å². The number of nitrogens with zero attached hydrogens (tertiary/aromatic N) is 1. The van der Waals surface area contributed by atoms with Crippen LogP contribution in [0.1, 0.15) is 95.2 Å². The third-order valence-corrected chi connectivity index (χ3v) is 9.30. The zero-order valence-corrected chi connectivity index (χ0v) is 28.6. The van der Waals surface area contributed by atoms with Crippen LogP contribution in [0.15, 0.2) is 54.3 Å². The molecule has 0 spiro atoms. The summed E-state index contributed by atoms with van der Waals surface area (Å²) in [6.07, 6.45) is 9.92. The van der Waals surface area contributed by atoms with Gasteiger partial charge in [0, 0.05) is 39.0 Å². The van der Waals surface area contributed by atoms with Gasteiger partial charge in [0.1, 0.15) is 0 Å². The van der Waals surface area contributed by atoms with Crippen molar-refractivity contribution in [1.82, 2.24) is 4.98 Å². The van der Waals surface area contributed by atoms with Gasteiger partial charge in [-0.3, -0.25) is 9.78 Å². The van der Waals surface area contributed by atoms with Crippen LogP contribution in [0.2, 0.25) is 0 Å². The maximum Gasteiger partial charge on any atom is 0.159 e. The normalized spacial score (nSPS) is 24.5. The summed E-state index contributed by atoms with van der Waals surface area (Å²) in [5.41, 5.74) is 7.26. The summed E-state index contributed by atoms with van der Waals surface area (Å²) in [6, 6.07) is 19.4. The van der Waals surface area contributed by atoms with Crippen LogP contribution in [0.3, 0.4) is 0 Å². The molecule has 1 radical (unpaired) electrons. The molecule has 3 aromatic rings. The smallest absolute Gasteiger partial charge is 0.159 e. The molecule has 4 saturated carbocycles.